The Kier molecular flexibility index (Phi) is 6.28. The number of rotatable bonds is 4. The summed E-state index contributed by atoms with van der Waals surface area (Å²) in [5, 5.41) is 10.3. The van der Waals surface area contributed by atoms with Gasteiger partial charge >= 0.3 is 0 Å². The molecule has 0 aliphatic heterocycles. The molecule has 4 saturated carbocycles. The van der Waals surface area contributed by atoms with Crippen LogP contribution < -0.4 is 0 Å². The Morgan fingerprint density at radius 3 is 2.23 bits per heavy atom. The van der Waals surface area contributed by atoms with Crippen LogP contribution in [0, 0.1) is 58.2 Å². The minimum Gasteiger partial charge on any atom is -0.393 e. The fourth-order valence-corrected chi connectivity index (χ4v) is 9.35. The maximum Gasteiger partial charge on any atom is 0.0543 e. The summed E-state index contributed by atoms with van der Waals surface area (Å²) in [6.07, 6.45) is 14.7. The Balaban J connectivity index is 1.52. The molecule has 4 aliphatic carbocycles. The average molecular weight is 415 g/mol. The zero-order valence-electron chi connectivity index (χ0n) is 21.1. The lowest BCUT2D eigenvalue weighted by Gasteiger charge is -2.61. The van der Waals surface area contributed by atoms with Crippen LogP contribution in [-0.4, -0.2) is 11.2 Å². The molecular formula is C29H50O. The van der Waals surface area contributed by atoms with Crippen molar-refractivity contribution in [3.8, 4) is 0 Å². The summed E-state index contributed by atoms with van der Waals surface area (Å²) >= 11 is 0. The molecule has 0 saturated heterocycles. The van der Waals surface area contributed by atoms with Crippen molar-refractivity contribution in [1.82, 2.24) is 0 Å². The average Bonchev–Trinajstić information content (AvgIpc) is 3.05. The van der Waals surface area contributed by atoms with Gasteiger partial charge in [0, 0.05) is 0 Å². The number of allylic oxidation sites excluding steroid dienone is 2. The van der Waals surface area contributed by atoms with Crippen molar-refractivity contribution in [2.75, 3.05) is 0 Å². The predicted molar refractivity (Wildman–Crippen MR) is 128 cm³/mol. The first-order chi connectivity index (χ1) is 14.1. The molecule has 6 unspecified atom stereocenters. The first-order valence-electron chi connectivity index (χ1n) is 13.4. The van der Waals surface area contributed by atoms with Gasteiger partial charge in [-0.25, -0.2) is 0 Å². The van der Waals surface area contributed by atoms with Gasteiger partial charge in [-0.05, 0) is 123 Å². The zero-order chi connectivity index (χ0) is 21.8. The first kappa shape index (κ1) is 22.9. The minimum atomic E-state index is -0.0200. The van der Waals surface area contributed by atoms with Crippen LogP contribution in [0.5, 0.6) is 0 Å². The van der Waals surface area contributed by atoms with E-state index in [1.54, 1.807) is 5.57 Å². The summed E-state index contributed by atoms with van der Waals surface area (Å²) in [7, 11) is 0. The van der Waals surface area contributed by atoms with Crippen molar-refractivity contribution < 1.29 is 5.11 Å². The van der Waals surface area contributed by atoms with E-state index in [0.29, 0.717) is 16.7 Å². The Bertz CT molecular complexity index is 649. The molecule has 10 atom stereocenters. The summed E-state index contributed by atoms with van der Waals surface area (Å²) < 4.78 is 0. The van der Waals surface area contributed by atoms with E-state index in [2.05, 4.69) is 54.5 Å². The van der Waals surface area contributed by atoms with Crippen molar-refractivity contribution in [2.45, 2.75) is 112 Å². The highest BCUT2D eigenvalue weighted by Gasteiger charge is 2.60. The maximum absolute atomic E-state index is 10.3. The Morgan fingerprint density at radius 1 is 0.867 bits per heavy atom. The number of aliphatic hydroxyl groups is 1. The smallest absolute Gasteiger partial charge is 0.0543 e. The van der Waals surface area contributed by atoms with Crippen LogP contribution in [0.2, 0.25) is 0 Å². The van der Waals surface area contributed by atoms with E-state index in [1.807, 2.05) is 0 Å². The van der Waals surface area contributed by atoms with E-state index in [4.69, 9.17) is 0 Å². The SMILES string of the molecule is C/C(=C\[C@@H](C)C1CC[C@H]2C3CC[C@H]4CC(O)CCC4(C)C3CCC12C)[C@H](C)C(C)C. The van der Waals surface area contributed by atoms with E-state index in [1.165, 1.54) is 44.9 Å². The summed E-state index contributed by atoms with van der Waals surface area (Å²) in [5.41, 5.74) is 2.68. The Hall–Kier alpha value is -0.300. The van der Waals surface area contributed by atoms with Gasteiger partial charge in [-0.15, -0.1) is 0 Å². The first-order valence-corrected chi connectivity index (χ1v) is 13.4. The molecule has 1 N–H and O–H groups in total. The highest BCUT2D eigenvalue weighted by molar-refractivity contribution is 5.13. The van der Waals surface area contributed by atoms with E-state index >= 15 is 0 Å². The number of hydrogen-bond donors (Lipinski definition) is 1. The van der Waals surface area contributed by atoms with Gasteiger partial charge in [0.05, 0.1) is 6.10 Å². The fraction of sp³-hybridized carbons (Fsp3) is 0.931. The molecule has 0 heterocycles. The van der Waals surface area contributed by atoms with Gasteiger partial charge in [0.2, 0.25) is 0 Å². The van der Waals surface area contributed by atoms with Crippen LogP contribution in [0.1, 0.15) is 106 Å². The van der Waals surface area contributed by atoms with Crippen molar-refractivity contribution in [1.29, 1.82) is 0 Å². The molecule has 1 heteroatoms. The van der Waals surface area contributed by atoms with Crippen LogP contribution in [0.15, 0.2) is 11.6 Å². The van der Waals surface area contributed by atoms with Crippen molar-refractivity contribution in [3.05, 3.63) is 11.6 Å². The van der Waals surface area contributed by atoms with Gasteiger partial charge in [0.25, 0.3) is 0 Å². The number of fused-ring (bicyclic) bond motifs is 5. The molecule has 0 aromatic carbocycles. The van der Waals surface area contributed by atoms with E-state index in [9.17, 15) is 5.11 Å². The Morgan fingerprint density at radius 2 is 1.53 bits per heavy atom. The van der Waals surface area contributed by atoms with Gasteiger partial charge in [0.1, 0.15) is 0 Å². The van der Waals surface area contributed by atoms with Crippen LogP contribution in [0.3, 0.4) is 0 Å². The second-order valence-corrected chi connectivity index (χ2v) is 13.1. The monoisotopic (exact) mass is 414 g/mol. The highest BCUT2D eigenvalue weighted by Crippen LogP contribution is 2.68. The lowest BCUT2D eigenvalue weighted by molar-refractivity contribution is -0.128. The molecule has 172 valence electrons. The molecule has 0 aromatic heterocycles. The summed E-state index contributed by atoms with van der Waals surface area (Å²) in [6.45, 7) is 17.4. The third-order valence-electron chi connectivity index (χ3n) is 11.6. The third kappa shape index (κ3) is 3.64. The minimum absolute atomic E-state index is 0.0200. The van der Waals surface area contributed by atoms with Crippen molar-refractivity contribution in [2.24, 2.45) is 58.2 Å². The molecule has 4 fully saturated rings. The number of aliphatic hydroxyl groups excluding tert-OH is 1. The van der Waals surface area contributed by atoms with Gasteiger partial charge in [-0.1, -0.05) is 53.2 Å². The molecule has 0 spiro atoms. The van der Waals surface area contributed by atoms with Crippen LogP contribution in [-0.2, 0) is 0 Å². The summed E-state index contributed by atoms with van der Waals surface area (Å²) in [5.74, 6) is 6.64. The summed E-state index contributed by atoms with van der Waals surface area (Å²) in [6, 6.07) is 0. The molecular weight excluding hydrogens is 364 g/mol. The molecule has 0 radical (unpaired) electrons. The second kappa shape index (κ2) is 8.24. The van der Waals surface area contributed by atoms with E-state index < -0.39 is 0 Å². The highest BCUT2D eigenvalue weighted by atomic mass is 16.3. The van der Waals surface area contributed by atoms with Crippen LogP contribution >= 0.6 is 0 Å². The molecule has 1 nitrogen and oxygen atoms in total. The number of hydrogen-bond acceptors (Lipinski definition) is 1. The molecule has 0 amide bonds. The van der Waals surface area contributed by atoms with Gasteiger partial charge in [-0.2, -0.15) is 0 Å². The third-order valence-corrected chi connectivity index (χ3v) is 11.6. The Labute approximate surface area is 187 Å². The van der Waals surface area contributed by atoms with Gasteiger partial charge in [-0.3, -0.25) is 0 Å². The largest absolute Gasteiger partial charge is 0.393 e. The van der Waals surface area contributed by atoms with E-state index in [0.717, 1.165) is 54.3 Å². The van der Waals surface area contributed by atoms with Crippen molar-refractivity contribution in [3.63, 3.8) is 0 Å². The second-order valence-electron chi connectivity index (χ2n) is 13.1. The summed E-state index contributed by atoms with van der Waals surface area (Å²) in [4.78, 5) is 0. The van der Waals surface area contributed by atoms with Crippen LogP contribution in [0.25, 0.3) is 0 Å². The van der Waals surface area contributed by atoms with Crippen LogP contribution in [0.4, 0.5) is 0 Å². The van der Waals surface area contributed by atoms with Crippen molar-refractivity contribution >= 4 is 0 Å². The molecule has 4 aliphatic rings. The quantitative estimate of drug-likeness (QED) is 0.464. The zero-order valence-corrected chi connectivity index (χ0v) is 21.1. The standard InChI is InChI=1S/C29H50O/c1-18(2)21(5)19(3)16-20(4)25-10-11-26-24-9-8-22-17-23(30)12-14-28(22,6)27(24)13-15-29(25,26)7/h16,18,20-27,30H,8-15,17H2,1-7H3/b19-16+/t20-,21-,22+,23?,24?,25?,26+,27?,28?,29?/m1/s1. The fourth-order valence-electron chi connectivity index (χ4n) is 9.35. The molecule has 0 aromatic rings. The molecule has 30 heavy (non-hydrogen) atoms. The predicted octanol–water partition coefficient (Wildman–Crippen LogP) is 7.88. The van der Waals surface area contributed by atoms with Gasteiger partial charge < -0.3 is 5.11 Å². The molecule has 0 bridgehead atoms. The lowest BCUT2D eigenvalue weighted by Crippen LogP contribution is -2.54. The van der Waals surface area contributed by atoms with Gasteiger partial charge in [0.15, 0.2) is 0 Å². The van der Waals surface area contributed by atoms with E-state index in [-0.39, 0.29) is 6.10 Å². The molecule has 4 rings (SSSR count). The normalized spacial score (nSPS) is 48.6. The topological polar surface area (TPSA) is 20.2 Å². The maximum atomic E-state index is 10.3. The lowest BCUT2D eigenvalue weighted by atomic mass is 9.44.